The lowest BCUT2D eigenvalue weighted by Crippen LogP contribution is -2.40. The summed E-state index contributed by atoms with van der Waals surface area (Å²) < 4.78 is 0. The first-order valence-corrected chi connectivity index (χ1v) is 7.44. The zero-order valence-electron chi connectivity index (χ0n) is 10.8. The zero-order valence-corrected chi connectivity index (χ0v) is 13.1. The van der Waals surface area contributed by atoms with E-state index in [0.717, 1.165) is 19.4 Å². The monoisotopic (exact) mass is 336 g/mol. The molecule has 1 saturated heterocycles. The van der Waals surface area contributed by atoms with Gasteiger partial charge in [-0.15, -0.1) is 0 Å². The summed E-state index contributed by atoms with van der Waals surface area (Å²) in [6.07, 6.45) is 1.47. The van der Waals surface area contributed by atoms with Gasteiger partial charge in [0, 0.05) is 12.0 Å². The average Bonchev–Trinajstić information content (AvgIpc) is 2.41. The molecule has 0 saturated carbocycles. The molecule has 1 heterocycles. The van der Waals surface area contributed by atoms with E-state index in [1.807, 2.05) is 6.92 Å². The maximum Gasteiger partial charge on any atom is 0.227 e. The number of halogens is 3. The fourth-order valence-electron chi connectivity index (χ4n) is 2.30. The van der Waals surface area contributed by atoms with E-state index >= 15 is 0 Å². The van der Waals surface area contributed by atoms with Gasteiger partial charge in [-0.1, -0.05) is 34.8 Å². The number of anilines is 1. The van der Waals surface area contributed by atoms with Crippen LogP contribution in [0.5, 0.6) is 5.75 Å². The van der Waals surface area contributed by atoms with Crippen LogP contribution in [0.1, 0.15) is 19.8 Å². The SMILES string of the molecule is C[C@H]1C[C@@H](C(=O)Nc2c(O)c(Cl)cc(Cl)c2Cl)CCN1. The van der Waals surface area contributed by atoms with Crippen LogP contribution in [0.2, 0.25) is 15.1 Å². The molecule has 20 heavy (non-hydrogen) atoms. The topological polar surface area (TPSA) is 61.4 Å². The molecule has 0 spiro atoms. The summed E-state index contributed by atoms with van der Waals surface area (Å²) in [5.41, 5.74) is 0.0698. The van der Waals surface area contributed by atoms with Gasteiger partial charge in [0.1, 0.15) is 5.69 Å². The Balaban J connectivity index is 2.19. The number of hydrogen-bond donors (Lipinski definition) is 3. The van der Waals surface area contributed by atoms with E-state index in [2.05, 4.69) is 10.6 Å². The second kappa shape index (κ2) is 6.39. The number of carbonyl (C=O) groups is 1. The van der Waals surface area contributed by atoms with Crippen molar-refractivity contribution >= 4 is 46.4 Å². The molecule has 1 aliphatic heterocycles. The molecule has 1 aromatic rings. The van der Waals surface area contributed by atoms with Gasteiger partial charge in [-0.05, 0) is 32.4 Å². The van der Waals surface area contributed by atoms with E-state index in [4.69, 9.17) is 34.8 Å². The van der Waals surface area contributed by atoms with Crippen LogP contribution in [0.4, 0.5) is 5.69 Å². The lowest BCUT2D eigenvalue weighted by Gasteiger charge is -2.27. The molecule has 0 aliphatic carbocycles. The van der Waals surface area contributed by atoms with Crippen LogP contribution in [0, 0.1) is 5.92 Å². The Hall–Kier alpha value is -0.680. The molecule has 1 aliphatic rings. The highest BCUT2D eigenvalue weighted by Crippen LogP contribution is 2.42. The van der Waals surface area contributed by atoms with Gasteiger partial charge < -0.3 is 15.7 Å². The van der Waals surface area contributed by atoms with Crippen molar-refractivity contribution in [2.45, 2.75) is 25.8 Å². The van der Waals surface area contributed by atoms with Gasteiger partial charge in [-0.3, -0.25) is 4.79 Å². The highest BCUT2D eigenvalue weighted by Gasteiger charge is 2.26. The Bertz CT molecular complexity index is 511. The second-order valence-electron chi connectivity index (χ2n) is 4.94. The van der Waals surface area contributed by atoms with E-state index in [0.29, 0.717) is 0 Å². The first-order chi connectivity index (χ1) is 9.40. The summed E-state index contributed by atoms with van der Waals surface area (Å²) in [6, 6.07) is 1.62. The molecule has 7 heteroatoms. The molecule has 1 amide bonds. The smallest absolute Gasteiger partial charge is 0.227 e. The van der Waals surface area contributed by atoms with E-state index in [9.17, 15) is 9.90 Å². The van der Waals surface area contributed by atoms with Crippen molar-refractivity contribution in [2.24, 2.45) is 5.92 Å². The highest BCUT2D eigenvalue weighted by molar-refractivity contribution is 6.46. The van der Waals surface area contributed by atoms with Crippen LogP contribution in [-0.2, 0) is 4.79 Å². The summed E-state index contributed by atoms with van der Waals surface area (Å²) in [7, 11) is 0. The molecular weight excluding hydrogens is 323 g/mol. The Labute approximate surface area is 132 Å². The third kappa shape index (κ3) is 3.31. The summed E-state index contributed by atoms with van der Waals surface area (Å²) in [5.74, 6) is -0.579. The molecular formula is C13H15Cl3N2O2. The number of benzene rings is 1. The van der Waals surface area contributed by atoms with Crippen LogP contribution in [0.3, 0.4) is 0 Å². The Morgan fingerprint density at radius 1 is 1.40 bits per heavy atom. The van der Waals surface area contributed by atoms with Gasteiger partial charge >= 0.3 is 0 Å². The largest absolute Gasteiger partial charge is 0.504 e. The normalized spacial score (nSPS) is 22.6. The number of piperidine rings is 1. The molecule has 0 radical (unpaired) electrons. The van der Waals surface area contributed by atoms with Gasteiger partial charge in [-0.2, -0.15) is 0 Å². The fraction of sp³-hybridized carbons (Fsp3) is 0.462. The van der Waals surface area contributed by atoms with Crippen LogP contribution in [-0.4, -0.2) is 23.6 Å². The molecule has 0 unspecified atom stereocenters. The average molecular weight is 338 g/mol. The molecule has 0 bridgehead atoms. The summed E-state index contributed by atoms with van der Waals surface area (Å²) in [5, 5.41) is 16.1. The molecule has 3 N–H and O–H groups in total. The van der Waals surface area contributed by atoms with E-state index in [1.54, 1.807) is 0 Å². The Morgan fingerprint density at radius 3 is 2.75 bits per heavy atom. The number of phenolic OH excluding ortho intramolecular Hbond substituents is 1. The maximum absolute atomic E-state index is 12.2. The first-order valence-electron chi connectivity index (χ1n) is 6.31. The highest BCUT2D eigenvalue weighted by atomic mass is 35.5. The lowest BCUT2D eigenvalue weighted by molar-refractivity contribution is -0.120. The van der Waals surface area contributed by atoms with Gasteiger partial charge in [0.15, 0.2) is 5.75 Å². The number of nitrogens with one attached hydrogen (secondary N) is 2. The summed E-state index contributed by atoms with van der Waals surface area (Å²) in [6.45, 7) is 2.81. The zero-order chi connectivity index (χ0) is 14.9. The van der Waals surface area contributed by atoms with E-state index in [-0.39, 0.29) is 44.4 Å². The van der Waals surface area contributed by atoms with Crippen molar-refractivity contribution in [3.05, 3.63) is 21.1 Å². The van der Waals surface area contributed by atoms with Crippen molar-refractivity contribution in [3.8, 4) is 5.75 Å². The molecule has 2 atom stereocenters. The van der Waals surface area contributed by atoms with Crippen molar-refractivity contribution in [2.75, 3.05) is 11.9 Å². The number of amides is 1. The summed E-state index contributed by atoms with van der Waals surface area (Å²) >= 11 is 17.7. The quantitative estimate of drug-likeness (QED) is 0.570. The van der Waals surface area contributed by atoms with Crippen LogP contribution < -0.4 is 10.6 Å². The van der Waals surface area contributed by atoms with Gasteiger partial charge in [0.25, 0.3) is 0 Å². The predicted octanol–water partition coefficient (Wildman–Crippen LogP) is 3.68. The molecule has 4 nitrogen and oxygen atoms in total. The van der Waals surface area contributed by atoms with E-state index in [1.165, 1.54) is 6.07 Å². The van der Waals surface area contributed by atoms with Crippen molar-refractivity contribution in [1.82, 2.24) is 5.32 Å². The molecule has 1 fully saturated rings. The van der Waals surface area contributed by atoms with Crippen LogP contribution in [0.15, 0.2) is 6.07 Å². The van der Waals surface area contributed by atoms with Crippen LogP contribution in [0.25, 0.3) is 0 Å². The number of rotatable bonds is 2. The number of aromatic hydroxyl groups is 1. The maximum atomic E-state index is 12.2. The third-order valence-corrected chi connectivity index (χ3v) is 4.46. The standard InChI is InChI=1S/C13H15Cl3N2O2/c1-6-4-7(2-3-17-6)13(20)18-11-10(16)8(14)5-9(15)12(11)19/h5-7,17,19H,2-4H2,1H3,(H,18,20)/t6-,7-/m0/s1. The lowest BCUT2D eigenvalue weighted by atomic mass is 9.92. The first kappa shape index (κ1) is 15.7. The van der Waals surface area contributed by atoms with E-state index < -0.39 is 0 Å². The molecule has 0 aromatic heterocycles. The van der Waals surface area contributed by atoms with Gasteiger partial charge in [0.05, 0.1) is 15.1 Å². The fourth-order valence-corrected chi connectivity index (χ4v) is 2.95. The van der Waals surface area contributed by atoms with Gasteiger partial charge in [-0.25, -0.2) is 0 Å². The Kier molecular flexibility index (Phi) is 5.02. The summed E-state index contributed by atoms with van der Waals surface area (Å²) in [4.78, 5) is 12.2. The van der Waals surface area contributed by atoms with Crippen molar-refractivity contribution in [1.29, 1.82) is 0 Å². The van der Waals surface area contributed by atoms with Crippen molar-refractivity contribution in [3.63, 3.8) is 0 Å². The minimum Gasteiger partial charge on any atom is -0.504 e. The minimum absolute atomic E-state index is 0.0494. The van der Waals surface area contributed by atoms with Gasteiger partial charge in [0.2, 0.25) is 5.91 Å². The number of phenols is 1. The Morgan fingerprint density at radius 2 is 2.10 bits per heavy atom. The second-order valence-corrected chi connectivity index (χ2v) is 6.14. The molecule has 1 aromatic carbocycles. The van der Waals surface area contributed by atoms with Crippen molar-refractivity contribution < 1.29 is 9.90 Å². The number of carbonyl (C=O) groups excluding carboxylic acids is 1. The molecule has 2 rings (SSSR count). The third-order valence-electron chi connectivity index (χ3n) is 3.39. The predicted molar refractivity (Wildman–Crippen MR) is 82.0 cm³/mol. The molecule has 110 valence electrons. The van der Waals surface area contributed by atoms with Crippen LogP contribution >= 0.6 is 34.8 Å². The minimum atomic E-state index is -0.267. The number of hydrogen-bond acceptors (Lipinski definition) is 3.